The van der Waals surface area contributed by atoms with Crippen molar-refractivity contribution in [1.29, 1.82) is 0 Å². The monoisotopic (exact) mass is 164 g/mol. The van der Waals surface area contributed by atoms with Gasteiger partial charge in [-0.3, -0.25) is 0 Å². The second-order valence-electron chi connectivity index (χ2n) is 2.49. The van der Waals surface area contributed by atoms with E-state index in [9.17, 15) is 0 Å². The standard InChI is InChI=1S/C10H14.C2H6/c1-3-6-10-8-5-7-9(10)4-2;1-2/h4-7H,3,8H2,1-2H3;1-2H3/b9-4-,10-6-;. The van der Waals surface area contributed by atoms with Crippen molar-refractivity contribution in [2.45, 2.75) is 40.5 Å². The SMILES string of the molecule is C/C=C1/C=CC/C1=C/CC.CC. The van der Waals surface area contributed by atoms with Gasteiger partial charge in [0.1, 0.15) is 0 Å². The first-order chi connectivity index (χ1) is 5.88. The van der Waals surface area contributed by atoms with E-state index in [4.69, 9.17) is 0 Å². The minimum atomic E-state index is 1.13. The number of hydrogen-bond acceptors (Lipinski definition) is 0. The summed E-state index contributed by atoms with van der Waals surface area (Å²) < 4.78 is 0. The average Bonchev–Trinajstić information content (AvgIpc) is 2.56. The first-order valence-electron chi connectivity index (χ1n) is 4.90. The van der Waals surface area contributed by atoms with Crippen molar-refractivity contribution in [3.05, 3.63) is 35.5 Å². The summed E-state index contributed by atoms with van der Waals surface area (Å²) in [5.74, 6) is 0. The molecule has 0 aromatic rings. The van der Waals surface area contributed by atoms with Crippen LogP contribution in [0.3, 0.4) is 0 Å². The molecule has 0 aliphatic heterocycles. The van der Waals surface area contributed by atoms with E-state index in [-0.39, 0.29) is 0 Å². The lowest BCUT2D eigenvalue weighted by Crippen LogP contribution is -1.77. The largest absolute Gasteiger partial charge is 0.0807 e. The summed E-state index contributed by atoms with van der Waals surface area (Å²) in [4.78, 5) is 0. The van der Waals surface area contributed by atoms with Gasteiger partial charge < -0.3 is 0 Å². The first kappa shape index (κ1) is 11.2. The van der Waals surface area contributed by atoms with Crippen molar-refractivity contribution in [1.82, 2.24) is 0 Å². The molecule has 0 saturated heterocycles. The summed E-state index contributed by atoms with van der Waals surface area (Å²) in [5, 5.41) is 0. The molecule has 12 heavy (non-hydrogen) atoms. The fourth-order valence-electron chi connectivity index (χ4n) is 1.27. The van der Waals surface area contributed by atoms with Gasteiger partial charge in [-0.25, -0.2) is 0 Å². The number of rotatable bonds is 1. The molecule has 0 spiro atoms. The van der Waals surface area contributed by atoms with Crippen LogP contribution in [-0.4, -0.2) is 0 Å². The van der Waals surface area contributed by atoms with Crippen LogP contribution < -0.4 is 0 Å². The van der Waals surface area contributed by atoms with Crippen molar-refractivity contribution in [2.75, 3.05) is 0 Å². The Balaban J connectivity index is 0.000000561. The quantitative estimate of drug-likeness (QED) is 0.543. The molecule has 0 nitrogen and oxygen atoms in total. The molecule has 0 radical (unpaired) electrons. The molecule has 0 heteroatoms. The van der Waals surface area contributed by atoms with E-state index in [0.717, 1.165) is 12.8 Å². The first-order valence-corrected chi connectivity index (χ1v) is 4.90. The maximum Gasteiger partial charge on any atom is -0.00915 e. The molecule has 0 fully saturated rings. The Kier molecular flexibility index (Phi) is 6.45. The molecule has 0 saturated carbocycles. The lowest BCUT2D eigenvalue weighted by Gasteiger charge is -1.96. The number of hydrogen-bond donors (Lipinski definition) is 0. The molecular formula is C12H20. The van der Waals surface area contributed by atoms with Crippen LogP contribution in [0.5, 0.6) is 0 Å². The molecule has 0 unspecified atom stereocenters. The summed E-state index contributed by atoms with van der Waals surface area (Å²) in [6, 6.07) is 0. The van der Waals surface area contributed by atoms with E-state index in [1.165, 1.54) is 11.1 Å². The predicted octanol–water partition coefficient (Wildman–Crippen LogP) is 4.26. The van der Waals surface area contributed by atoms with Gasteiger partial charge in [-0.05, 0) is 30.9 Å². The summed E-state index contributed by atoms with van der Waals surface area (Å²) in [6.07, 6.45) is 11.2. The predicted molar refractivity (Wildman–Crippen MR) is 57.2 cm³/mol. The highest BCUT2D eigenvalue weighted by Gasteiger charge is 2.03. The second-order valence-corrected chi connectivity index (χ2v) is 2.49. The number of allylic oxidation sites excluding steroid dienone is 6. The van der Waals surface area contributed by atoms with Gasteiger partial charge in [0.15, 0.2) is 0 Å². The summed E-state index contributed by atoms with van der Waals surface area (Å²) in [6.45, 7) is 8.27. The zero-order valence-electron chi connectivity index (χ0n) is 8.72. The zero-order chi connectivity index (χ0) is 9.40. The van der Waals surface area contributed by atoms with E-state index in [1.807, 2.05) is 13.8 Å². The Morgan fingerprint density at radius 1 is 1.42 bits per heavy atom. The van der Waals surface area contributed by atoms with Crippen LogP contribution in [0, 0.1) is 0 Å². The van der Waals surface area contributed by atoms with Crippen molar-refractivity contribution in [3.8, 4) is 0 Å². The summed E-state index contributed by atoms with van der Waals surface area (Å²) >= 11 is 0. The molecule has 0 N–H and O–H groups in total. The molecule has 68 valence electrons. The summed E-state index contributed by atoms with van der Waals surface area (Å²) in [7, 11) is 0. The maximum absolute atomic E-state index is 2.30. The van der Waals surface area contributed by atoms with Crippen LogP contribution in [0.15, 0.2) is 35.5 Å². The van der Waals surface area contributed by atoms with Gasteiger partial charge in [-0.15, -0.1) is 0 Å². The fourth-order valence-corrected chi connectivity index (χ4v) is 1.27. The molecule has 0 aromatic carbocycles. The third kappa shape index (κ3) is 3.08. The fraction of sp³-hybridized carbons (Fsp3) is 0.500. The van der Waals surface area contributed by atoms with Gasteiger partial charge in [0.2, 0.25) is 0 Å². The van der Waals surface area contributed by atoms with Gasteiger partial charge in [-0.1, -0.05) is 45.1 Å². The van der Waals surface area contributed by atoms with Gasteiger partial charge in [0, 0.05) is 0 Å². The molecule has 1 rings (SSSR count). The Hall–Kier alpha value is -0.780. The van der Waals surface area contributed by atoms with Gasteiger partial charge in [-0.2, -0.15) is 0 Å². The van der Waals surface area contributed by atoms with Crippen LogP contribution in [0.2, 0.25) is 0 Å². The molecule has 1 aliphatic carbocycles. The van der Waals surface area contributed by atoms with E-state index in [0.29, 0.717) is 0 Å². The molecular weight excluding hydrogens is 144 g/mol. The van der Waals surface area contributed by atoms with Gasteiger partial charge in [0.05, 0.1) is 0 Å². The van der Waals surface area contributed by atoms with Crippen LogP contribution in [-0.2, 0) is 0 Å². The highest BCUT2D eigenvalue weighted by Crippen LogP contribution is 2.23. The van der Waals surface area contributed by atoms with Crippen molar-refractivity contribution >= 4 is 0 Å². The normalized spacial score (nSPS) is 21.3. The minimum absolute atomic E-state index is 1.13. The Morgan fingerprint density at radius 2 is 2.08 bits per heavy atom. The van der Waals surface area contributed by atoms with E-state index >= 15 is 0 Å². The summed E-state index contributed by atoms with van der Waals surface area (Å²) in [5.41, 5.74) is 2.90. The molecule has 0 aromatic heterocycles. The molecule has 1 aliphatic rings. The van der Waals surface area contributed by atoms with E-state index in [2.05, 4.69) is 38.2 Å². The van der Waals surface area contributed by atoms with Crippen LogP contribution in [0.25, 0.3) is 0 Å². The maximum atomic E-state index is 2.30. The lowest BCUT2D eigenvalue weighted by atomic mass is 10.1. The van der Waals surface area contributed by atoms with Crippen LogP contribution in [0.1, 0.15) is 40.5 Å². The highest BCUT2D eigenvalue weighted by atomic mass is 14.1. The third-order valence-corrected chi connectivity index (χ3v) is 1.77. The molecule has 0 heterocycles. The minimum Gasteiger partial charge on any atom is -0.0807 e. The Labute approximate surface area is 76.7 Å². The lowest BCUT2D eigenvalue weighted by molar-refractivity contribution is 1.16. The van der Waals surface area contributed by atoms with Crippen LogP contribution >= 0.6 is 0 Å². The van der Waals surface area contributed by atoms with E-state index in [1.54, 1.807) is 0 Å². The molecule has 0 atom stereocenters. The molecule has 0 amide bonds. The topological polar surface area (TPSA) is 0 Å². The van der Waals surface area contributed by atoms with E-state index < -0.39 is 0 Å². The van der Waals surface area contributed by atoms with Crippen molar-refractivity contribution in [2.24, 2.45) is 0 Å². The Bertz CT molecular complexity index is 192. The second kappa shape index (κ2) is 6.90. The third-order valence-electron chi connectivity index (χ3n) is 1.77. The zero-order valence-corrected chi connectivity index (χ0v) is 8.72. The van der Waals surface area contributed by atoms with Crippen molar-refractivity contribution in [3.63, 3.8) is 0 Å². The highest BCUT2D eigenvalue weighted by molar-refractivity contribution is 5.45. The average molecular weight is 164 g/mol. The Morgan fingerprint density at radius 3 is 2.58 bits per heavy atom. The smallest absolute Gasteiger partial charge is 0.00915 e. The van der Waals surface area contributed by atoms with Crippen LogP contribution in [0.4, 0.5) is 0 Å². The molecule has 0 bridgehead atoms. The van der Waals surface area contributed by atoms with Gasteiger partial charge >= 0.3 is 0 Å². The van der Waals surface area contributed by atoms with Crippen molar-refractivity contribution < 1.29 is 0 Å². The van der Waals surface area contributed by atoms with Gasteiger partial charge in [0.25, 0.3) is 0 Å².